The molecule has 0 spiro atoms. The first kappa shape index (κ1) is 22.6. The third kappa shape index (κ3) is 4.76. The second kappa shape index (κ2) is 9.46. The van der Waals surface area contributed by atoms with Gasteiger partial charge in [0.1, 0.15) is 11.5 Å². The highest BCUT2D eigenvalue weighted by Gasteiger charge is 2.46. The van der Waals surface area contributed by atoms with Crippen molar-refractivity contribution in [2.24, 2.45) is 0 Å². The molecule has 0 bridgehead atoms. The van der Waals surface area contributed by atoms with Crippen molar-refractivity contribution in [1.29, 1.82) is 0 Å². The van der Waals surface area contributed by atoms with Gasteiger partial charge in [0.05, 0.1) is 17.7 Å². The molecule has 7 heteroatoms. The van der Waals surface area contributed by atoms with Crippen LogP contribution in [0.3, 0.4) is 0 Å². The number of nitrogens with zero attached hydrogens (tertiary/aromatic N) is 2. The van der Waals surface area contributed by atoms with E-state index in [-0.39, 0.29) is 24.0 Å². The van der Waals surface area contributed by atoms with Crippen molar-refractivity contribution in [2.45, 2.75) is 32.5 Å². The van der Waals surface area contributed by atoms with Gasteiger partial charge < -0.3 is 14.7 Å². The molecule has 4 rings (SSSR count). The predicted octanol–water partition coefficient (Wildman–Crippen LogP) is 5.14. The lowest BCUT2D eigenvalue weighted by molar-refractivity contribution is -0.140. The van der Waals surface area contributed by atoms with E-state index in [1.165, 1.54) is 4.90 Å². The highest BCUT2D eigenvalue weighted by atomic mass is 35.5. The number of carbonyl (C=O) groups is 2. The van der Waals surface area contributed by atoms with Gasteiger partial charge in [-0.1, -0.05) is 29.8 Å². The zero-order valence-electron chi connectivity index (χ0n) is 18.2. The van der Waals surface area contributed by atoms with Crippen LogP contribution in [0, 0.1) is 0 Å². The molecule has 2 heterocycles. The van der Waals surface area contributed by atoms with Crippen LogP contribution >= 0.6 is 11.6 Å². The lowest BCUT2D eigenvalue weighted by Crippen LogP contribution is -2.29. The molecule has 0 saturated carbocycles. The average Bonchev–Trinajstić information content (AvgIpc) is 3.05. The van der Waals surface area contributed by atoms with Crippen LogP contribution in [0.4, 0.5) is 0 Å². The molecular formula is C26H23ClN2O4. The van der Waals surface area contributed by atoms with E-state index < -0.39 is 17.7 Å². The molecule has 1 N–H and O–H groups in total. The summed E-state index contributed by atoms with van der Waals surface area (Å²) in [5, 5.41) is 11.7. The van der Waals surface area contributed by atoms with Crippen LogP contribution in [0.2, 0.25) is 5.02 Å². The third-order valence-electron chi connectivity index (χ3n) is 5.30. The first-order valence-electron chi connectivity index (χ1n) is 10.5. The van der Waals surface area contributed by atoms with Gasteiger partial charge in [-0.3, -0.25) is 14.6 Å². The molecule has 2 aromatic carbocycles. The van der Waals surface area contributed by atoms with Crippen molar-refractivity contribution in [3.63, 3.8) is 0 Å². The van der Waals surface area contributed by atoms with Crippen molar-refractivity contribution in [2.75, 3.05) is 0 Å². The number of ketones is 1. The maximum absolute atomic E-state index is 13.1. The molecule has 1 atom stereocenters. The van der Waals surface area contributed by atoms with Crippen molar-refractivity contribution in [3.05, 3.63) is 100 Å². The Bertz CT molecular complexity index is 1190. The lowest BCUT2D eigenvalue weighted by Gasteiger charge is -2.25. The monoisotopic (exact) mass is 462 g/mol. The molecule has 1 aliphatic rings. The van der Waals surface area contributed by atoms with E-state index in [1.807, 2.05) is 19.9 Å². The topological polar surface area (TPSA) is 79.7 Å². The quantitative estimate of drug-likeness (QED) is 0.311. The highest BCUT2D eigenvalue weighted by Crippen LogP contribution is 2.40. The number of aliphatic hydroxyl groups is 1. The first-order valence-corrected chi connectivity index (χ1v) is 10.9. The van der Waals surface area contributed by atoms with Crippen LogP contribution in [0.25, 0.3) is 5.76 Å². The van der Waals surface area contributed by atoms with E-state index in [9.17, 15) is 14.7 Å². The minimum atomic E-state index is -0.769. The fraction of sp³-hybridized carbons (Fsp3) is 0.192. The predicted molar refractivity (Wildman–Crippen MR) is 126 cm³/mol. The SMILES string of the molecule is CC(C)Oc1ccc(C(O)=C2C(=O)C(=O)N(Cc3cccnc3)C2c2ccc(Cl)cc2)cc1. The summed E-state index contributed by atoms with van der Waals surface area (Å²) < 4.78 is 5.65. The minimum Gasteiger partial charge on any atom is -0.507 e. The molecule has 1 amide bonds. The Hall–Kier alpha value is -3.64. The van der Waals surface area contributed by atoms with Crippen molar-refractivity contribution in [3.8, 4) is 5.75 Å². The third-order valence-corrected chi connectivity index (χ3v) is 5.55. The normalized spacial score (nSPS) is 17.6. The van der Waals surface area contributed by atoms with E-state index in [0.717, 1.165) is 5.56 Å². The van der Waals surface area contributed by atoms with Crippen LogP contribution in [-0.2, 0) is 16.1 Å². The maximum Gasteiger partial charge on any atom is 0.295 e. The fourth-order valence-electron chi connectivity index (χ4n) is 3.84. The lowest BCUT2D eigenvalue weighted by atomic mass is 9.95. The number of hydrogen-bond acceptors (Lipinski definition) is 5. The number of halogens is 1. The Balaban J connectivity index is 1.79. The highest BCUT2D eigenvalue weighted by molar-refractivity contribution is 6.46. The summed E-state index contributed by atoms with van der Waals surface area (Å²) in [4.78, 5) is 31.7. The van der Waals surface area contributed by atoms with Crippen molar-refractivity contribution in [1.82, 2.24) is 9.88 Å². The van der Waals surface area contributed by atoms with Gasteiger partial charge in [0.25, 0.3) is 11.7 Å². The first-order chi connectivity index (χ1) is 15.8. The molecule has 0 radical (unpaired) electrons. The number of carbonyl (C=O) groups excluding carboxylic acids is 2. The number of likely N-dealkylation sites (tertiary alicyclic amines) is 1. The molecule has 6 nitrogen and oxygen atoms in total. The molecule has 0 aliphatic carbocycles. The Morgan fingerprint density at radius 3 is 2.39 bits per heavy atom. The Kier molecular flexibility index (Phi) is 6.47. The minimum absolute atomic E-state index is 0.00662. The van der Waals surface area contributed by atoms with Crippen LogP contribution in [-0.4, -0.2) is 32.8 Å². The molecule has 1 fully saturated rings. The van der Waals surface area contributed by atoms with E-state index >= 15 is 0 Å². The standard InChI is InChI=1S/C26H23ClN2O4/c1-16(2)33-21-11-7-19(8-12-21)24(30)22-23(18-5-9-20(27)10-6-18)29(26(32)25(22)31)15-17-4-3-13-28-14-17/h3-14,16,23,30H,15H2,1-2H3. The molecule has 1 aromatic heterocycles. The zero-order chi connectivity index (χ0) is 23.5. The Morgan fingerprint density at radius 2 is 1.79 bits per heavy atom. The van der Waals surface area contributed by atoms with Gasteiger partial charge in [-0.25, -0.2) is 0 Å². The number of benzene rings is 2. The van der Waals surface area contributed by atoms with Gasteiger partial charge >= 0.3 is 0 Å². The summed E-state index contributed by atoms with van der Waals surface area (Å²) >= 11 is 6.06. The molecule has 3 aromatic rings. The van der Waals surface area contributed by atoms with Gasteiger partial charge in [0.2, 0.25) is 0 Å². The van der Waals surface area contributed by atoms with E-state index in [0.29, 0.717) is 21.9 Å². The summed E-state index contributed by atoms with van der Waals surface area (Å²) in [6.45, 7) is 4.01. The summed E-state index contributed by atoms with van der Waals surface area (Å²) in [6, 6.07) is 16.5. The molecule has 1 unspecified atom stereocenters. The molecular weight excluding hydrogens is 440 g/mol. The number of rotatable bonds is 6. The number of Topliss-reactive ketones (excluding diaryl/α,β-unsaturated/α-hetero) is 1. The maximum atomic E-state index is 13.1. The Labute approximate surface area is 197 Å². The van der Waals surface area contributed by atoms with Gasteiger partial charge in [-0.05, 0) is 67.4 Å². The fourth-order valence-corrected chi connectivity index (χ4v) is 3.97. The number of pyridine rings is 1. The number of aromatic nitrogens is 1. The van der Waals surface area contributed by atoms with Crippen LogP contribution in [0.15, 0.2) is 78.6 Å². The second-order valence-corrected chi connectivity index (χ2v) is 8.47. The molecule has 1 aliphatic heterocycles. The number of hydrogen-bond donors (Lipinski definition) is 1. The van der Waals surface area contributed by atoms with Gasteiger partial charge in [-0.2, -0.15) is 0 Å². The molecule has 33 heavy (non-hydrogen) atoms. The number of amides is 1. The summed E-state index contributed by atoms with van der Waals surface area (Å²) in [7, 11) is 0. The second-order valence-electron chi connectivity index (χ2n) is 8.03. The van der Waals surface area contributed by atoms with Crippen LogP contribution < -0.4 is 4.74 Å². The van der Waals surface area contributed by atoms with E-state index in [2.05, 4.69) is 4.98 Å². The number of aliphatic hydroxyl groups excluding tert-OH is 1. The van der Waals surface area contributed by atoms with Crippen LogP contribution in [0.1, 0.15) is 36.6 Å². The molecule has 168 valence electrons. The van der Waals surface area contributed by atoms with Gasteiger partial charge in [0, 0.05) is 29.5 Å². The average molecular weight is 463 g/mol. The summed E-state index contributed by atoms with van der Waals surface area (Å²) in [5.74, 6) is -1.01. The summed E-state index contributed by atoms with van der Waals surface area (Å²) in [5.41, 5.74) is 1.89. The van der Waals surface area contributed by atoms with Gasteiger partial charge in [0.15, 0.2) is 0 Å². The zero-order valence-corrected chi connectivity index (χ0v) is 19.0. The number of ether oxygens (including phenoxy) is 1. The van der Waals surface area contributed by atoms with Gasteiger partial charge in [-0.15, -0.1) is 0 Å². The largest absolute Gasteiger partial charge is 0.507 e. The van der Waals surface area contributed by atoms with E-state index in [1.54, 1.807) is 67.0 Å². The summed E-state index contributed by atoms with van der Waals surface area (Å²) in [6.07, 6.45) is 3.29. The Morgan fingerprint density at radius 1 is 1.09 bits per heavy atom. The van der Waals surface area contributed by atoms with Crippen molar-refractivity contribution < 1.29 is 19.4 Å². The smallest absolute Gasteiger partial charge is 0.295 e. The van der Waals surface area contributed by atoms with E-state index in [4.69, 9.17) is 16.3 Å². The van der Waals surface area contributed by atoms with Crippen molar-refractivity contribution >= 4 is 29.1 Å². The van der Waals surface area contributed by atoms with Crippen LogP contribution in [0.5, 0.6) is 5.75 Å². The molecule has 1 saturated heterocycles.